The molecule has 0 spiro atoms. The summed E-state index contributed by atoms with van der Waals surface area (Å²) in [5.41, 5.74) is 0. The molecule has 0 aromatic rings. The first-order chi connectivity index (χ1) is 15.7. The van der Waals surface area contributed by atoms with Gasteiger partial charge >= 0.3 is 0 Å². The first-order valence-corrected chi connectivity index (χ1v) is 17.0. The maximum Gasteiger partial charge on any atom is 0.164 e. The molecule has 2 nitrogen and oxygen atoms in total. The molecule has 1 unspecified atom stereocenters. The van der Waals surface area contributed by atoms with Crippen molar-refractivity contribution in [3.05, 3.63) is 0 Å². The monoisotopic (exact) mass is 473 g/mol. The van der Waals surface area contributed by atoms with Crippen LogP contribution in [-0.2, 0) is 9.47 Å². The summed E-state index contributed by atoms with van der Waals surface area (Å²) >= 11 is 0. The molecule has 0 radical (unpaired) electrons. The largest absolute Gasteiger partial charge is 0.382 e. The van der Waals surface area contributed by atoms with Crippen molar-refractivity contribution in [1.82, 2.24) is 0 Å². The summed E-state index contributed by atoms with van der Waals surface area (Å²) in [5, 5.41) is 0. The van der Waals surface area contributed by atoms with Crippen molar-refractivity contribution < 1.29 is 9.47 Å². The van der Waals surface area contributed by atoms with Crippen LogP contribution in [0.25, 0.3) is 0 Å². The van der Waals surface area contributed by atoms with Crippen molar-refractivity contribution in [1.29, 1.82) is 0 Å². The number of hydrogen-bond donors (Lipinski definition) is 0. The molecule has 0 aromatic carbocycles. The van der Waals surface area contributed by atoms with Gasteiger partial charge in [0, 0.05) is 14.4 Å². The van der Waals surface area contributed by atoms with E-state index in [1.807, 2.05) is 0 Å². The Balaban J connectivity index is 4.91. The average Bonchev–Trinajstić information content (AvgIpc) is 2.80. The highest BCUT2D eigenvalue weighted by Gasteiger charge is 2.42. The summed E-state index contributed by atoms with van der Waals surface area (Å²) < 4.78 is 11.8. The zero-order valence-corrected chi connectivity index (χ0v) is 24.0. The van der Waals surface area contributed by atoms with E-state index in [1.54, 1.807) is 7.11 Å². The van der Waals surface area contributed by atoms with Crippen LogP contribution in [0.1, 0.15) is 143 Å². The summed E-state index contributed by atoms with van der Waals surface area (Å²) in [6, 6.07) is 0. The molecule has 0 rings (SSSR count). The van der Waals surface area contributed by atoms with E-state index in [1.165, 1.54) is 134 Å². The number of rotatable bonds is 26. The Bertz CT molecular complexity index is 320. The molecular weight excluding hydrogens is 411 g/mol. The average molecular weight is 474 g/mol. The number of methoxy groups -OCH3 is 1. The van der Waals surface area contributed by atoms with Gasteiger partial charge in [-0.15, -0.1) is 0 Å². The maximum absolute atomic E-state index is 6.46. The zero-order valence-electron chi connectivity index (χ0n) is 23.1. The normalized spacial score (nSPS) is 13.0. The highest BCUT2D eigenvalue weighted by atomic mass is 31.2. The molecular formula is C29H62O2P+. The molecule has 0 aromatic heterocycles. The number of hydrogen-bond acceptors (Lipinski definition) is 2. The highest BCUT2D eigenvalue weighted by molar-refractivity contribution is 7.76. The fourth-order valence-corrected chi connectivity index (χ4v) is 9.71. The van der Waals surface area contributed by atoms with Crippen molar-refractivity contribution in [2.24, 2.45) is 0 Å². The zero-order chi connectivity index (χ0) is 23.8. The minimum absolute atomic E-state index is 0.458. The summed E-state index contributed by atoms with van der Waals surface area (Å²) in [7, 11) is 0.719. The van der Waals surface area contributed by atoms with Crippen LogP contribution in [0.2, 0.25) is 0 Å². The van der Waals surface area contributed by atoms with Crippen LogP contribution in [0.3, 0.4) is 0 Å². The Hall–Kier alpha value is 0.350. The lowest BCUT2D eigenvalue weighted by Gasteiger charge is -2.33. The van der Waals surface area contributed by atoms with Gasteiger partial charge in [-0.1, -0.05) is 97.8 Å². The van der Waals surface area contributed by atoms with Crippen molar-refractivity contribution in [3.8, 4) is 0 Å². The lowest BCUT2D eigenvalue weighted by Crippen LogP contribution is -2.24. The van der Waals surface area contributed by atoms with E-state index in [0.29, 0.717) is 5.85 Å². The number of ether oxygens (including phenoxy) is 2. The van der Waals surface area contributed by atoms with Gasteiger partial charge in [-0.25, -0.2) is 0 Å². The second kappa shape index (κ2) is 24.5. The fourth-order valence-electron chi connectivity index (χ4n) is 4.96. The van der Waals surface area contributed by atoms with E-state index in [4.69, 9.17) is 9.47 Å². The minimum Gasteiger partial charge on any atom is -0.382 e. The van der Waals surface area contributed by atoms with Gasteiger partial charge in [-0.2, -0.15) is 0 Å². The molecule has 1 atom stereocenters. The van der Waals surface area contributed by atoms with E-state index >= 15 is 0 Å². The quantitative estimate of drug-likeness (QED) is 0.0918. The molecule has 32 heavy (non-hydrogen) atoms. The van der Waals surface area contributed by atoms with E-state index in [9.17, 15) is 0 Å². The van der Waals surface area contributed by atoms with E-state index < -0.39 is 7.26 Å². The molecule has 0 aliphatic rings. The summed E-state index contributed by atoms with van der Waals surface area (Å²) in [5.74, 6) is 0.458. The molecule has 0 bridgehead atoms. The molecule has 194 valence electrons. The SMILES string of the molecule is CCCCCCCC[P+](CCCCCCCC)(CCCCCCCC)C(C)OCCOC. The van der Waals surface area contributed by atoms with Gasteiger partial charge in [-0.3, -0.25) is 0 Å². The van der Waals surface area contributed by atoms with Gasteiger partial charge < -0.3 is 9.47 Å². The molecule has 3 heteroatoms. The Labute approximate surface area is 204 Å². The van der Waals surface area contributed by atoms with Crippen LogP contribution in [0, 0.1) is 0 Å². The van der Waals surface area contributed by atoms with Crippen molar-refractivity contribution in [3.63, 3.8) is 0 Å². The first kappa shape index (κ1) is 32.4. The standard InChI is InChI=1S/C29H62O2P/c1-6-9-12-15-18-21-26-32(29(4)31-25-24-30-5,27-22-19-16-13-10-7-2)28-23-20-17-14-11-8-3/h29H,6-28H2,1-5H3/q+1. The van der Waals surface area contributed by atoms with Crippen LogP contribution >= 0.6 is 7.26 Å². The second-order valence-corrected chi connectivity index (χ2v) is 14.7. The van der Waals surface area contributed by atoms with Gasteiger partial charge in [-0.05, 0) is 45.4 Å². The van der Waals surface area contributed by atoms with Gasteiger partial charge in [0.2, 0.25) is 0 Å². The maximum atomic E-state index is 6.46. The minimum atomic E-state index is -1.07. The van der Waals surface area contributed by atoms with Crippen molar-refractivity contribution in [2.45, 2.75) is 149 Å². The van der Waals surface area contributed by atoms with Crippen LogP contribution in [0.15, 0.2) is 0 Å². The molecule has 0 fully saturated rings. The van der Waals surface area contributed by atoms with Crippen LogP contribution in [0.5, 0.6) is 0 Å². The third-order valence-corrected chi connectivity index (χ3v) is 12.6. The Morgan fingerprint density at radius 3 is 1.19 bits per heavy atom. The van der Waals surface area contributed by atoms with Gasteiger partial charge in [0.15, 0.2) is 5.85 Å². The smallest absolute Gasteiger partial charge is 0.164 e. The predicted octanol–water partition coefficient (Wildman–Crippen LogP) is 10.1. The van der Waals surface area contributed by atoms with E-state index in [-0.39, 0.29) is 0 Å². The van der Waals surface area contributed by atoms with Crippen molar-refractivity contribution in [2.75, 3.05) is 38.8 Å². The van der Waals surface area contributed by atoms with Gasteiger partial charge in [0.05, 0.1) is 31.7 Å². The summed E-state index contributed by atoms with van der Waals surface area (Å²) in [4.78, 5) is 0. The van der Waals surface area contributed by atoms with Gasteiger partial charge in [0.25, 0.3) is 0 Å². The van der Waals surface area contributed by atoms with E-state index in [0.717, 1.165) is 13.2 Å². The summed E-state index contributed by atoms with van der Waals surface area (Å²) in [6.07, 6.45) is 29.8. The lowest BCUT2D eigenvalue weighted by molar-refractivity contribution is 0.0601. The van der Waals surface area contributed by atoms with E-state index in [2.05, 4.69) is 27.7 Å². The van der Waals surface area contributed by atoms with Crippen LogP contribution in [0.4, 0.5) is 0 Å². The Kier molecular flexibility index (Phi) is 24.7. The number of unbranched alkanes of at least 4 members (excludes halogenated alkanes) is 15. The fraction of sp³-hybridized carbons (Fsp3) is 1.00. The third kappa shape index (κ3) is 17.8. The molecule has 0 heterocycles. The molecule has 0 aliphatic carbocycles. The topological polar surface area (TPSA) is 18.5 Å². The van der Waals surface area contributed by atoms with Crippen LogP contribution in [-0.4, -0.2) is 44.7 Å². The Morgan fingerprint density at radius 1 is 0.500 bits per heavy atom. The third-order valence-electron chi connectivity index (χ3n) is 7.29. The van der Waals surface area contributed by atoms with Crippen molar-refractivity contribution >= 4 is 7.26 Å². The molecule has 0 saturated carbocycles. The van der Waals surface area contributed by atoms with Crippen LogP contribution < -0.4 is 0 Å². The second-order valence-electron chi connectivity index (χ2n) is 10.2. The predicted molar refractivity (Wildman–Crippen MR) is 149 cm³/mol. The lowest BCUT2D eigenvalue weighted by atomic mass is 10.1. The first-order valence-electron chi connectivity index (χ1n) is 14.6. The molecule has 0 saturated heterocycles. The Morgan fingerprint density at radius 2 is 0.844 bits per heavy atom. The highest BCUT2D eigenvalue weighted by Crippen LogP contribution is 2.65. The molecule has 0 aliphatic heterocycles. The van der Waals surface area contributed by atoms with Gasteiger partial charge in [0.1, 0.15) is 0 Å². The molecule has 0 amide bonds. The molecule has 0 N–H and O–H groups in total. The summed E-state index contributed by atoms with van der Waals surface area (Å²) in [6.45, 7) is 10.9.